The van der Waals surface area contributed by atoms with E-state index >= 15 is 0 Å². The van der Waals surface area contributed by atoms with E-state index < -0.39 is 11.4 Å². The van der Waals surface area contributed by atoms with Gasteiger partial charge >= 0.3 is 18.0 Å². The normalized spacial score (nSPS) is 25.4. The van der Waals surface area contributed by atoms with Crippen LogP contribution in [0.2, 0.25) is 0 Å². The van der Waals surface area contributed by atoms with Gasteiger partial charge in [-0.2, -0.15) is 0 Å². The largest absolute Gasteiger partial charge is 0.481 e. The van der Waals surface area contributed by atoms with E-state index in [1.54, 1.807) is 4.90 Å². The van der Waals surface area contributed by atoms with Crippen LogP contribution in [0, 0.1) is 11.3 Å². The molecule has 1 saturated carbocycles. The van der Waals surface area contributed by atoms with Crippen molar-refractivity contribution in [2.24, 2.45) is 11.3 Å². The van der Waals surface area contributed by atoms with Crippen LogP contribution in [0.1, 0.15) is 51.4 Å². The lowest BCUT2D eigenvalue weighted by atomic mass is 9.81. The number of carboxylic acids is 1. The summed E-state index contributed by atoms with van der Waals surface area (Å²) in [5.41, 5.74) is -0.717. The van der Waals surface area contributed by atoms with Crippen molar-refractivity contribution in [1.29, 1.82) is 0 Å². The van der Waals surface area contributed by atoms with Gasteiger partial charge in [-0.3, -0.25) is 9.59 Å². The topological polar surface area (TPSA) is 95.9 Å². The standard InChI is InChI=1S/C17H28N2O5/c1-24-14(20)8-4-2-3-5-10-18-16(23)19-11-13-7-6-9-17(13,12-19)15(21)22/h13H,2-12H2,1H3,(H,18,23)(H,21,22)/t13-,17+/m0/s1. The number of methoxy groups -OCH3 is 1. The van der Waals surface area contributed by atoms with E-state index in [1.807, 2.05) is 0 Å². The molecule has 1 saturated heterocycles. The number of aliphatic carboxylic acids is 1. The van der Waals surface area contributed by atoms with Crippen LogP contribution in [-0.4, -0.2) is 54.7 Å². The van der Waals surface area contributed by atoms with Gasteiger partial charge in [-0.15, -0.1) is 0 Å². The van der Waals surface area contributed by atoms with E-state index in [0.717, 1.165) is 38.5 Å². The van der Waals surface area contributed by atoms with Gasteiger partial charge in [-0.1, -0.05) is 19.3 Å². The Kier molecular flexibility index (Phi) is 6.45. The maximum atomic E-state index is 12.2. The molecule has 7 heteroatoms. The molecule has 7 nitrogen and oxygen atoms in total. The van der Waals surface area contributed by atoms with Gasteiger partial charge in [0.2, 0.25) is 0 Å². The summed E-state index contributed by atoms with van der Waals surface area (Å²) in [7, 11) is 1.39. The van der Waals surface area contributed by atoms with Crippen LogP contribution in [-0.2, 0) is 14.3 Å². The van der Waals surface area contributed by atoms with E-state index in [-0.39, 0.29) is 17.9 Å². The fourth-order valence-corrected chi connectivity index (χ4v) is 3.95. The van der Waals surface area contributed by atoms with Crippen LogP contribution >= 0.6 is 0 Å². The Morgan fingerprint density at radius 1 is 1.25 bits per heavy atom. The van der Waals surface area contributed by atoms with Gasteiger partial charge in [0, 0.05) is 26.1 Å². The third-order valence-corrected chi connectivity index (χ3v) is 5.40. The summed E-state index contributed by atoms with van der Waals surface area (Å²) in [6.07, 6.45) is 6.49. The number of hydrogen-bond donors (Lipinski definition) is 2. The molecule has 0 unspecified atom stereocenters. The maximum absolute atomic E-state index is 12.2. The Hall–Kier alpha value is -1.79. The first-order valence-electron chi connectivity index (χ1n) is 8.82. The van der Waals surface area contributed by atoms with Gasteiger partial charge in [-0.25, -0.2) is 4.79 Å². The van der Waals surface area contributed by atoms with Gasteiger partial charge < -0.3 is 20.1 Å². The molecule has 2 rings (SSSR count). The minimum Gasteiger partial charge on any atom is -0.481 e. The van der Waals surface area contributed by atoms with Crippen molar-refractivity contribution in [3.05, 3.63) is 0 Å². The second-order valence-corrected chi connectivity index (χ2v) is 6.90. The number of amides is 2. The molecule has 1 aliphatic carbocycles. The van der Waals surface area contributed by atoms with Crippen LogP contribution in [0.5, 0.6) is 0 Å². The number of urea groups is 1. The van der Waals surface area contributed by atoms with Crippen molar-refractivity contribution < 1.29 is 24.2 Å². The average molecular weight is 340 g/mol. The molecule has 2 amide bonds. The number of hydrogen-bond acceptors (Lipinski definition) is 4. The van der Waals surface area contributed by atoms with Crippen LogP contribution in [0.25, 0.3) is 0 Å². The number of nitrogens with one attached hydrogen (secondary N) is 1. The molecule has 136 valence electrons. The average Bonchev–Trinajstić information content (AvgIpc) is 3.11. The first kappa shape index (κ1) is 18.5. The van der Waals surface area contributed by atoms with Crippen LogP contribution in [0.4, 0.5) is 4.79 Å². The maximum Gasteiger partial charge on any atom is 0.317 e. The van der Waals surface area contributed by atoms with Crippen molar-refractivity contribution in [3.63, 3.8) is 0 Å². The lowest BCUT2D eigenvalue weighted by molar-refractivity contribution is -0.149. The van der Waals surface area contributed by atoms with Gasteiger partial charge in [-0.05, 0) is 31.6 Å². The first-order chi connectivity index (χ1) is 11.5. The van der Waals surface area contributed by atoms with Crippen LogP contribution in [0.3, 0.4) is 0 Å². The van der Waals surface area contributed by atoms with E-state index in [0.29, 0.717) is 32.5 Å². The molecule has 2 N–H and O–H groups in total. The van der Waals surface area contributed by atoms with Crippen molar-refractivity contribution >= 4 is 18.0 Å². The summed E-state index contributed by atoms with van der Waals surface area (Å²) in [4.78, 5) is 36.5. The molecule has 24 heavy (non-hydrogen) atoms. The summed E-state index contributed by atoms with van der Waals surface area (Å²) in [6.45, 7) is 1.47. The zero-order chi connectivity index (χ0) is 17.6. The highest BCUT2D eigenvalue weighted by Gasteiger charge is 2.55. The summed E-state index contributed by atoms with van der Waals surface area (Å²) in [5, 5.41) is 12.4. The molecule has 2 aliphatic rings. The molecule has 2 fully saturated rings. The summed E-state index contributed by atoms with van der Waals surface area (Å²) in [5.74, 6) is -0.847. The summed E-state index contributed by atoms with van der Waals surface area (Å²) in [6, 6.07) is -0.153. The number of likely N-dealkylation sites (tertiary alicyclic amines) is 1. The fourth-order valence-electron chi connectivity index (χ4n) is 3.95. The minimum atomic E-state index is -0.758. The highest BCUT2D eigenvalue weighted by Crippen LogP contribution is 2.48. The second-order valence-electron chi connectivity index (χ2n) is 6.90. The number of unbranched alkanes of at least 4 members (excludes halogenated alkanes) is 3. The molecule has 0 aromatic rings. The molecule has 0 radical (unpaired) electrons. The Bertz CT molecular complexity index is 482. The molecular weight excluding hydrogens is 312 g/mol. The third kappa shape index (κ3) is 4.19. The summed E-state index contributed by atoms with van der Waals surface area (Å²) >= 11 is 0. The van der Waals surface area contributed by atoms with E-state index in [9.17, 15) is 19.5 Å². The molecule has 0 spiro atoms. The fraction of sp³-hybridized carbons (Fsp3) is 0.824. The van der Waals surface area contributed by atoms with Crippen LogP contribution in [0.15, 0.2) is 0 Å². The van der Waals surface area contributed by atoms with Crippen molar-refractivity contribution in [3.8, 4) is 0 Å². The van der Waals surface area contributed by atoms with Crippen molar-refractivity contribution in [1.82, 2.24) is 10.2 Å². The first-order valence-corrected chi connectivity index (χ1v) is 8.82. The number of carbonyl (C=O) groups is 3. The molecule has 1 heterocycles. The number of fused-ring (bicyclic) bond motifs is 1. The monoisotopic (exact) mass is 340 g/mol. The number of rotatable bonds is 8. The smallest absolute Gasteiger partial charge is 0.317 e. The van der Waals surface area contributed by atoms with E-state index in [4.69, 9.17) is 0 Å². The summed E-state index contributed by atoms with van der Waals surface area (Å²) < 4.78 is 4.58. The number of ether oxygens (including phenoxy) is 1. The molecule has 0 aromatic heterocycles. The molecular formula is C17H28N2O5. The van der Waals surface area contributed by atoms with Crippen LogP contribution < -0.4 is 5.32 Å². The number of nitrogens with zero attached hydrogens (tertiary/aromatic N) is 1. The van der Waals surface area contributed by atoms with Crippen molar-refractivity contribution in [2.45, 2.75) is 51.4 Å². The minimum absolute atomic E-state index is 0.0964. The van der Waals surface area contributed by atoms with Gasteiger partial charge in [0.15, 0.2) is 0 Å². The Balaban J connectivity index is 1.62. The van der Waals surface area contributed by atoms with Crippen molar-refractivity contribution in [2.75, 3.05) is 26.7 Å². The SMILES string of the molecule is COC(=O)CCCCCCNC(=O)N1C[C@@H]2CCC[C@@]2(C(=O)O)C1. The second kappa shape index (κ2) is 8.35. The van der Waals surface area contributed by atoms with Gasteiger partial charge in [0.1, 0.15) is 0 Å². The predicted molar refractivity (Wildman–Crippen MR) is 87.5 cm³/mol. The number of esters is 1. The molecule has 2 atom stereocenters. The van der Waals surface area contributed by atoms with E-state index in [2.05, 4.69) is 10.1 Å². The molecule has 0 bridgehead atoms. The van der Waals surface area contributed by atoms with E-state index in [1.165, 1.54) is 7.11 Å². The highest BCUT2D eigenvalue weighted by molar-refractivity contribution is 5.80. The Labute approximate surface area is 142 Å². The number of carboxylic acid groups (broad SMARTS) is 1. The number of carbonyl (C=O) groups excluding carboxylic acids is 2. The van der Waals surface area contributed by atoms with Gasteiger partial charge in [0.05, 0.1) is 12.5 Å². The third-order valence-electron chi connectivity index (χ3n) is 5.40. The molecule has 1 aliphatic heterocycles. The lowest BCUT2D eigenvalue weighted by Gasteiger charge is -2.23. The molecule has 0 aromatic carbocycles. The quantitative estimate of drug-likeness (QED) is 0.520. The van der Waals surface area contributed by atoms with Gasteiger partial charge in [0.25, 0.3) is 0 Å². The highest BCUT2D eigenvalue weighted by atomic mass is 16.5. The predicted octanol–water partition coefficient (Wildman–Crippen LogP) is 2.01. The Morgan fingerprint density at radius 3 is 2.67 bits per heavy atom. The zero-order valence-corrected chi connectivity index (χ0v) is 14.4. The lowest BCUT2D eigenvalue weighted by Crippen LogP contribution is -2.41. The zero-order valence-electron chi connectivity index (χ0n) is 14.4. The Morgan fingerprint density at radius 2 is 2.00 bits per heavy atom.